The van der Waals surface area contributed by atoms with Crippen LogP contribution >= 0.6 is 0 Å². The third kappa shape index (κ3) is 4.77. The molecule has 1 amide bonds. The van der Waals surface area contributed by atoms with Gasteiger partial charge in [0.2, 0.25) is 5.91 Å². The fourth-order valence-corrected chi connectivity index (χ4v) is 3.40. The molecule has 0 unspecified atom stereocenters. The minimum Gasteiger partial charge on any atom is -0.339 e. The first-order valence-electron chi connectivity index (χ1n) is 8.73. The van der Waals surface area contributed by atoms with Crippen LogP contribution in [-0.4, -0.2) is 72.5 Å². The van der Waals surface area contributed by atoms with E-state index in [0.29, 0.717) is 12.6 Å². The number of nitrogens with zero attached hydrogens (tertiary/aromatic N) is 3. The summed E-state index contributed by atoms with van der Waals surface area (Å²) in [5.74, 6) is 0.278. The van der Waals surface area contributed by atoms with Crippen molar-refractivity contribution in [2.24, 2.45) is 5.73 Å². The molecule has 5 heteroatoms. The summed E-state index contributed by atoms with van der Waals surface area (Å²) in [4.78, 5) is 19.2. The summed E-state index contributed by atoms with van der Waals surface area (Å²) in [6, 6.07) is 10.9. The van der Waals surface area contributed by atoms with Gasteiger partial charge in [-0.15, -0.1) is 0 Å². The van der Waals surface area contributed by atoms with E-state index in [9.17, 15) is 4.79 Å². The lowest BCUT2D eigenvalue weighted by molar-refractivity contribution is -0.134. The van der Waals surface area contributed by atoms with Gasteiger partial charge in [-0.25, -0.2) is 0 Å². The Morgan fingerprint density at radius 2 is 1.61 bits per heavy atom. The number of benzene rings is 1. The molecule has 0 bridgehead atoms. The second-order valence-corrected chi connectivity index (χ2v) is 6.76. The zero-order chi connectivity index (χ0) is 16.1. The SMILES string of the molecule is NC1CCN(CC(=O)N2CCN(Cc3ccccc3)CC2)CC1. The number of piperazine rings is 1. The van der Waals surface area contributed by atoms with Crippen molar-refractivity contribution in [2.45, 2.75) is 25.4 Å². The molecule has 0 saturated carbocycles. The first-order chi connectivity index (χ1) is 11.2. The average Bonchev–Trinajstić information content (AvgIpc) is 2.58. The predicted octanol–water partition coefficient (Wildman–Crippen LogP) is 0.754. The first kappa shape index (κ1) is 16.4. The van der Waals surface area contributed by atoms with Crippen LogP contribution in [0.25, 0.3) is 0 Å². The molecule has 1 aromatic carbocycles. The number of hydrogen-bond donors (Lipinski definition) is 1. The van der Waals surface area contributed by atoms with Crippen LogP contribution in [0.4, 0.5) is 0 Å². The van der Waals surface area contributed by atoms with Crippen molar-refractivity contribution >= 4 is 5.91 Å². The van der Waals surface area contributed by atoms with Crippen LogP contribution in [0, 0.1) is 0 Å². The lowest BCUT2D eigenvalue weighted by Gasteiger charge is -2.36. The van der Waals surface area contributed by atoms with E-state index in [1.807, 2.05) is 11.0 Å². The molecule has 0 atom stereocenters. The van der Waals surface area contributed by atoms with Gasteiger partial charge in [-0.2, -0.15) is 0 Å². The summed E-state index contributed by atoms with van der Waals surface area (Å²) in [6.45, 7) is 7.08. The third-order valence-corrected chi connectivity index (χ3v) is 4.97. The van der Waals surface area contributed by atoms with Gasteiger partial charge in [0.15, 0.2) is 0 Å². The average molecular weight is 316 g/mol. The lowest BCUT2D eigenvalue weighted by atomic mass is 10.1. The number of carbonyl (C=O) groups excluding carboxylic acids is 1. The Morgan fingerprint density at radius 3 is 2.26 bits per heavy atom. The van der Waals surface area contributed by atoms with Gasteiger partial charge >= 0.3 is 0 Å². The van der Waals surface area contributed by atoms with Crippen LogP contribution in [0.3, 0.4) is 0 Å². The summed E-state index contributed by atoms with van der Waals surface area (Å²) < 4.78 is 0. The van der Waals surface area contributed by atoms with Gasteiger partial charge in [0.1, 0.15) is 0 Å². The second-order valence-electron chi connectivity index (χ2n) is 6.76. The Kier molecular flexibility index (Phi) is 5.65. The van der Waals surface area contributed by atoms with Crippen LogP contribution in [0.2, 0.25) is 0 Å². The number of piperidine rings is 1. The molecule has 2 aliphatic heterocycles. The highest BCUT2D eigenvalue weighted by molar-refractivity contribution is 5.78. The number of hydrogen-bond acceptors (Lipinski definition) is 4. The van der Waals surface area contributed by atoms with Crippen LogP contribution in [-0.2, 0) is 11.3 Å². The van der Waals surface area contributed by atoms with Crippen molar-refractivity contribution in [3.05, 3.63) is 35.9 Å². The molecule has 3 rings (SSSR count). The summed E-state index contributed by atoms with van der Waals surface area (Å²) in [5, 5.41) is 0. The lowest BCUT2D eigenvalue weighted by Crippen LogP contribution is -2.52. The number of carbonyl (C=O) groups is 1. The molecule has 0 spiro atoms. The number of rotatable bonds is 4. The van der Waals surface area contributed by atoms with Gasteiger partial charge in [0.25, 0.3) is 0 Å². The summed E-state index contributed by atoms with van der Waals surface area (Å²) >= 11 is 0. The molecule has 0 radical (unpaired) electrons. The molecule has 0 aliphatic carbocycles. The molecule has 2 aliphatic rings. The van der Waals surface area contributed by atoms with Crippen LogP contribution in [0.1, 0.15) is 18.4 Å². The minimum absolute atomic E-state index is 0.278. The summed E-state index contributed by atoms with van der Waals surface area (Å²) in [6.07, 6.45) is 2.02. The van der Waals surface area contributed by atoms with Crippen molar-refractivity contribution in [1.29, 1.82) is 0 Å². The highest BCUT2D eigenvalue weighted by Crippen LogP contribution is 2.11. The van der Waals surface area contributed by atoms with Crippen LogP contribution < -0.4 is 5.73 Å². The van der Waals surface area contributed by atoms with Crippen molar-refractivity contribution in [3.63, 3.8) is 0 Å². The van der Waals surface area contributed by atoms with Crippen LogP contribution in [0.15, 0.2) is 30.3 Å². The van der Waals surface area contributed by atoms with Gasteiger partial charge in [-0.3, -0.25) is 14.6 Å². The number of nitrogens with two attached hydrogens (primary N) is 1. The van der Waals surface area contributed by atoms with Gasteiger partial charge in [0.05, 0.1) is 6.54 Å². The van der Waals surface area contributed by atoms with Gasteiger partial charge < -0.3 is 10.6 Å². The molecule has 2 N–H and O–H groups in total. The van der Waals surface area contributed by atoms with E-state index in [1.54, 1.807) is 0 Å². The predicted molar refractivity (Wildman–Crippen MR) is 91.9 cm³/mol. The Bertz CT molecular complexity index is 491. The van der Waals surface area contributed by atoms with E-state index in [2.05, 4.69) is 34.1 Å². The molecule has 5 nitrogen and oxygen atoms in total. The van der Waals surface area contributed by atoms with E-state index in [-0.39, 0.29) is 5.91 Å². The minimum atomic E-state index is 0.278. The van der Waals surface area contributed by atoms with Crippen molar-refractivity contribution < 1.29 is 4.79 Å². The normalized spacial score (nSPS) is 21.5. The van der Waals surface area contributed by atoms with E-state index >= 15 is 0 Å². The number of likely N-dealkylation sites (tertiary alicyclic amines) is 1. The second kappa shape index (κ2) is 7.90. The largest absolute Gasteiger partial charge is 0.339 e. The maximum atomic E-state index is 12.4. The number of amides is 1. The van der Waals surface area contributed by atoms with E-state index in [1.165, 1.54) is 5.56 Å². The molecule has 0 aromatic heterocycles. The Labute approximate surface area is 139 Å². The van der Waals surface area contributed by atoms with Crippen LogP contribution in [0.5, 0.6) is 0 Å². The van der Waals surface area contributed by atoms with Gasteiger partial charge in [-0.05, 0) is 18.4 Å². The smallest absolute Gasteiger partial charge is 0.236 e. The monoisotopic (exact) mass is 316 g/mol. The van der Waals surface area contributed by atoms with Crippen molar-refractivity contribution in [2.75, 3.05) is 45.8 Å². The maximum absolute atomic E-state index is 12.4. The molecule has 2 saturated heterocycles. The Morgan fingerprint density at radius 1 is 0.957 bits per heavy atom. The van der Waals surface area contributed by atoms with Crippen molar-refractivity contribution in [3.8, 4) is 0 Å². The maximum Gasteiger partial charge on any atom is 0.236 e. The van der Waals surface area contributed by atoms with E-state index < -0.39 is 0 Å². The Hall–Kier alpha value is -1.43. The molecule has 2 heterocycles. The molecule has 23 heavy (non-hydrogen) atoms. The molecule has 126 valence electrons. The zero-order valence-electron chi connectivity index (χ0n) is 13.9. The van der Waals surface area contributed by atoms with E-state index in [4.69, 9.17) is 5.73 Å². The third-order valence-electron chi connectivity index (χ3n) is 4.97. The summed E-state index contributed by atoms with van der Waals surface area (Å²) in [5.41, 5.74) is 7.27. The molecular weight excluding hydrogens is 288 g/mol. The molecular formula is C18H28N4O. The van der Waals surface area contributed by atoms with Gasteiger partial charge in [0, 0.05) is 51.9 Å². The topological polar surface area (TPSA) is 52.8 Å². The highest BCUT2D eigenvalue weighted by atomic mass is 16.2. The molecule has 1 aromatic rings. The summed E-state index contributed by atoms with van der Waals surface area (Å²) in [7, 11) is 0. The first-order valence-corrected chi connectivity index (χ1v) is 8.73. The standard InChI is InChI=1S/C18H28N4O/c19-17-6-8-20(9-7-17)15-18(23)22-12-10-21(11-13-22)14-16-4-2-1-3-5-16/h1-5,17H,6-15,19H2. The quantitative estimate of drug-likeness (QED) is 0.891. The zero-order valence-corrected chi connectivity index (χ0v) is 13.9. The fraction of sp³-hybridized carbons (Fsp3) is 0.611. The van der Waals surface area contributed by atoms with Gasteiger partial charge in [-0.1, -0.05) is 30.3 Å². The Balaban J connectivity index is 1.40. The fourth-order valence-electron chi connectivity index (χ4n) is 3.40. The molecule has 2 fully saturated rings. The van der Waals surface area contributed by atoms with E-state index in [0.717, 1.165) is 58.7 Å². The van der Waals surface area contributed by atoms with Crippen molar-refractivity contribution in [1.82, 2.24) is 14.7 Å². The highest BCUT2D eigenvalue weighted by Gasteiger charge is 2.24.